The fraction of sp³-hybridized carbons (Fsp3) is 0.350. The van der Waals surface area contributed by atoms with Crippen molar-refractivity contribution in [1.82, 2.24) is 4.31 Å². The van der Waals surface area contributed by atoms with Gasteiger partial charge in [-0.05, 0) is 37.5 Å². The monoisotopic (exact) mass is 424 g/mol. The number of nitrogens with one attached hydrogen (secondary N) is 1. The lowest BCUT2D eigenvalue weighted by Crippen LogP contribution is -2.51. The Morgan fingerprint density at radius 1 is 1.14 bits per heavy atom. The molecule has 0 bridgehead atoms. The molecule has 2 aromatic carbocycles. The number of nitrogens with zero attached hydrogens (tertiary/aromatic N) is 1. The maximum absolute atomic E-state index is 14.3. The minimum absolute atomic E-state index is 0.0106. The van der Waals surface area contributed by atoms with Crippen LogP contribution in [0.5, 0.6) is 0 Å². The molecule has 0 saturated carbocycles. The Hall–Kier alpha value is -1.96. The van der Waals surface area contributed by atoms with Gasteiger partial charge in [-0.15, -0.1) is 0 Å². The molecule has 5 nitrogen and oxygen atoms in total. The van der Waals surface area contributed by atoms with Crippen LogP contribution in [0, 0.1) is 5.82 Å². The Balaban J connectivity index is 1.93. The largest absolute Gasteiger partial charge is 0.323 e. The SMILES string of the molecule is CCS(=O)(=O)N1CCC(C(=O)Nc2cccc(Cl)c2F)(c2ccccc2)CC1. The Kier molecular flexibility index (Phi) is 6.07. The third-order valence-electron chi connectivity index (χ3n) is 5.29. The zero-order valence-corrected chi connectivity index (χ0v) is 17.1. The summed E-state index contributed by atoms with van der Waals surface area (Å²) in [6.45, 7) is 2.07. The highest BCUT2D eigenvalue weighted by atomic mass is 35.5. The Morgan fingerprint density at radius 2 is 1.79 bits per heavy atom. The van der Waals surface area contributed by atoms with Gasteiger partial charge in [0.05, 0.1) is 21.9 Å². The van der Waals surface area contributed by atoms with E-state index in [4.69, 9.17) is 11.6 Å². The second kappa shape index (κ2) is 8.19. The summed E-state index contributed by atoms with van der Waals surface area (Å²) in [6.07, 6.45) is 0.620. The average molecular weight is 425 g/mol. The minimum atomic E-state index is -3.33. The van der Waals surface area contributed by atoms with Crippen LogP contribution in [0.3, 0.4) is 0 Å². The number of anilines is 1. The lowest BCUT2D eigenvalue weighted by molar-refractivity contribution is -0.123. The van der Waals surface area contributed by atoms with E-state index in [9.17, 15) is 17.6 Å². The second-order valence-electron chi connectivity index (χ2n) is 6.80. The lowest BCUT2D eigenvalue weighted by Gasteiger charge is -2.40. The van der Waals surface area contributed by atoms with E-state index in [0.717, 1.165) is 5.56 Å². The van der Waals surface area contributed by atoms with Crippen LogP contribution >= 0.6 is 11.6 Å². The molecule has 1 aliphatic rings. The third-order valence-corrected chi connectivity index (χ3v) is 7.47. The summed E-state index contributed by atoms with van der Waals surface area (Å²) >= 11 is 5.82. The summed E-state index contributed by atoms with van der Waals surface area (Å²) in [7, 11) is -3.33. The summed E-state index contributed by atoms with van der Waals surface area (Å²) in [5, 5.41) is 2.59. The molecule has 2 aromatic rings. The molecular formula is C20H22ClFN2O3S. The maximum atomic E-state index is 14.3. The van der Waals surface area contributed by atoms with Gasteiger partial charge in [0.15, 0.2) is 5.82 Å². The first-order chi connectivity index (χ1) is 13.3. The maximum Gasteiger partial charge on any atom is 0.235 e. The van der Waals surface area contributed by atoms with Gasteiger partial charge in [0.1, 0.15) is 0 Å². The number of hydrogen-bond acceptors (Lipinski definition) is 3. The van der Waals surface area contributed by atoms with E-state index in [1.165, 1.54) is 16.4 Å². The standard InChI is InChI=1S/C20H22ClFN2O3S/c1-2-28(26,27)24-13-11-20(12-14-24,15-7-4-3-5-8-15)19(25)23-17-10-6-9-16(21)18(17)22/h3-10H,2,11-14H2,1H3,(H,23,25). The minimum Gasteiger partial charge on any atom is -0.323 e. The predicted molar refractivity (Wildman–Crippen MR) is 108 cm³/mol. The van der Waals surface area contributed by atoms with Gasteiger partial charge in [-0.2, -0.15) is 0 Å². The molecule has 1 amide bonds. The zero-order valence-electron chi connectivity index (χ0n) is 15.5. The van der Waals surface area contributed by atoms with Crippen LogP contribution in [0.4, 0.5) is 10.1 Å². The van der Waals surface area contributed by atoms with Gasteiger partial charge in [-0.3, -0.25) is 4.79 Å². The van der Waals surface area contributed by atoms with Crippen LogP contribution in [-0.2, 0) is 20.2 Å². The van der Waals surface area contributed by atoms with Gasteiger partial charge >= 0.3 is 0 Å². The van der Waals surface area contributed by atoms with Crippen molar-refractivity contribution >= 4 is 33.2 Å². The first-order valence-corrected chi connectivity index (χ1v) is 11.1. The van der Waals surface area contributed by atoms with Crippen LogP contribution < -0.4 is 5.32 Å². The molecule has 1 aliphatic heterocycles. The van der Waals surface area contributed by atoms with Gasteiger partial charge in [-0.1, -0.05) is 48.0 Å². The van der Waals surface area contributed by atoms with Crippen LogP contribution in [0.25, 0.3) is 0 Å². The number of sulfonamides is 1. The fourth-order valence-corrected chi connectivity index (χ4v) is 4.85. The van der Waals surface area contributed by atoms with E-state index in [-0.39, 0.29) is 35.5 Å². The average Bonchev–Trinajstić information content (AvgIpc) is 2.72. The summed E-state index contributed by atoms with van der Waals surface area (Å²) in [5.41, 5.74) is -0.157. The first kappa shape index (κ1) is 20.8. The summed E-state index contributed by atoms with van der Waals surface area (Å²) in [4.78, 5) is 13.3. The molecule has 8 heteroatoms. The number of hydrogen-bond donors (Lipinski definition) is 1. The van der Waals surface area contributed by atoms with E-state index < -0.39 is 21.3 Å². The Labute approximate surface area is 169 Å². The van der Waals surface area contributed by atoms with Gasteiger partial charge in [0.2, 0.25) is 15.9 Å². The van der Waals surface area contributed by atoms with Crippen LogP contribution in [-0.4, -0.2) is 37.5 Å². The van der Waals surface area contributed by atoms with Crippen LogP contribution in [0.2, 0.25) is 5.02 Å². The fourth-order valence-electron chi connectivity index (χ4n) is 3.57. The quantitative estimate of drug-likeness (QED) is 0.793. The molecule has 150 valence electrons. The molecule has 0 radical (unpaired) electrons. The number of carbonyl (C=O) groups excluding carboxylic acids is 1. The number of piperidine rings is 1. The topological polar surface area (TPSA) is 66.5 Å². The number of benzene rings is 2. The molecule has 28 heavy (non-hydrogen) atoms. The molecule has 0 spiro atoms. The predicted octanol–water partition coefficient (Wildman–Crippen LogP) is 3.80. The highest BCUT2D eigenvalue weighted by Crippen LogP contribution is 2.38. The molecule has 1 heterocycles. The van der Waals surface area contributed by atoms with E-state index in [0.29, 0.717) is 12.8 Å². The smallest absolute Gasteiger partial charge is 0.235 e. The molecule has 1 fully saturated rings. The highest BCUT2D eigenvalue weighted by molar-refractivity contribution is 7.89. The van der Waals surface area contributed by atoms with Gasteiger partial charge in [-0.25, -0.2) is 17.1 Å². The van der Waals surface area contributed by atoms with Gasteiger partial charge < -0.3 is 5.32 Å². The number of rotatable bonds is 5. The highest BCUT2D eigenvalue weighted by Gasteiger charge is 2.44. The summed E-state index contributed by atoms with van der Waals surface area (Å²) < 4.78 is 40.1. The number of amides is 1. The van der Waals surface area contributed by atoms with E-state index in [1.54, 1.807) is 13.0 Å². The van der Waals surface area contributed by atoms with Crippen molar-refractivity contribution in [2.75, 3.05) is 24.2 Å². The molecule has 0 aromatic heterocycles. The van der Waals surface area contributed by atoms with E-state index in [1.807, 2.05) is 30.3 Å². The molecule has 3 rings (SSSR count). The van der Waals surface area contributed by atoms with Crippen molar-refractivity contribution in [2.45, 2.75) is 25.2 Å². The third kappa shape index (κ3) is 3.92. The Morgan fingerprint density at radius 3 is 2.39 bits per heavy atom. The molecule has 0 unspecified atom stereocenters. The van der Waals surface area contributed by atoms with Crippen molar-refractivity contribution in [3.05, 3.63) is 64.9 Å². The van der Waals surface area contributed by atoms with Crippen molar-refractivity contribution in [3.63, 3.8) is 0 Å². The van der Waals surface area contributed by atoms with Crippen molar-refractivity contribution in [2.24, 2.45) is 0 Å². The second-order valence-corrected chi connectivity index (χ2v) is 9.47. The normalized spacial score (nSPS) is 17.2. The van der Waals surface area contributed by atoms with Gasteiger partial charge in [0.25, 0.3) is 0 Å². The molecule has 0 atom stereocenters. The van der Waals surface area contributed by atoms with E-state index in [2.05, 4.69) is 5.32 Å². The van der Waals surface area contributed by atoms with Crippen LogP contribution in [0.15, 0.2) is 48.5 Å². The van der Waals surface area contributed by atoms with Crippen LogP contribution in [0.1, 0.15) is 25.3 Å². The molecule has 1 saturated heterocycles. The summed E-state index contributed by atoms with van der Waals surface area (Å²) in [5.74, 6) is -1.04. The van der Waals surface area contributed by atoms with Crippen molar-refractivity contribution in [1.29, 1.82) is 0 Å². The zero-order chi connectivity index (χ0) is 20.4. The summed E-state index contributed by atoms with van der Waals surface area (Å²) in [6, 6.07) is 13.6. The van der Waals surface area contributed by atoms with E-state index >= 15 is 0 Å². The molecular weight excluding hydrogens is 403 g/mol. The number of carbonyl (C=O) groups is 1. The van der Waals surface area contributed by atoms with Crippen molar-refractivity contribution in [3.8, 4) is 0 Å². The lowest BCUT2D eigenvalue weighted by atomic mass is 9.72. The molecule has 0 aliphatic carbocycles. The molecule has 1 N–H and O–H groups in total. The van der Waals surface area contributed by atoms with Crippen molar-refractivity contribution < 1.29 is 17.6 Å². The van der Waals surface area contributed by atoms with Gasteiger partial charge in [0, 0.05) is 13.1 Å². The first-order valence-electron chi connectivity index (χ1n) is 9.09. The Bertz CT molecular complexity index is 959. The number of halogens is 2.